The maximum Gasteiger partial charge on any atom is 0.131 e. The summed E-state index contributed by atoms with van der Waals surface area (Å²) < 4.78 is 12.9. The lowest BCUT2D eigenvalue weighted by Crippen LogP contribution is -1.98. The molecule has 0 spiro atoms. The zero-order chi connectivity index (χ0) is 15.5. The van der Waals surface area contributed by atoms with Gasteiger partial charge in [0.1, 0.15) is 11.5 Å². The molecule has 0 aliphatic carbocycles. The van der Waals surface area contributed by atoms with E-state index in [9.17, 15) is 0 Å². The van der Waals surface area contributed by atoms with Gasteiger partial charge in [0.15, 0.2) is 0 Å². The molecule has 0 N–H and O–H groups in total. The van der Waals surface area contributed by atoms with Crippen LogP contribution in [-0.4, -0.2) is 18.8 Å². The molecule has 0 fully saturated rings. The molecule has 0 amide bonds. The number of benzene rings is 2. The van der Waals surface area contributed by atoms with Crippen molar-refractivity contribution in [2.24, 2.45) is 0 Å². The summed E-state index contributed by atoms with van der Waals surface area (Å²) in [5.41, 5.74) is 2.86. The Morgan fingerprint density at radius 1 is 1.05 bits per heavy atom. The number of hydrogen-bond donors (Lipinski definition) is 0. The van der Waals surface area contributed by atoms with Crippen molar-refractivity contribution in [2.75, 3.05) is 14.2 Å². The molecule has 1 heterocycles. The van der Waals surface area contributed by atoms with E-state index < -0.39 is 0 Å². The van der Waals surface area contributed by atoms with Crippen molar-refractivity contribution >= 4 is 10.9 Å². The van der Waals surface area contributed by atoms with Gasteiger partial charge in [0, 0.05) is 30.3 Å². The summed E-state index contributed by atoms with van der Waals surface area (Å²) in [6.07, 6.45) is 2.03. The Morgan fingerprint density at radius 2 is 1.82 bits per heavy atom. The summed E-state index contributed by atoms with van der Waals surface area (Å²) in [7, 11) is 3.31. The minimum Gasteiger partial charge on any atom is -0.497 e. The second-order valence-electron chi connectivity index (χ2n) is 5.01. The maximum atomic E-state index is 8.86. The number of nitriles is 1. The lowest BCUT2D eigenvalue weighted by Gasteiger charge is -2.09. The Hall–Kier alpha value is -2.93. The zero-order valence-corrected chi connectivity index (χ0v) is 12.5. The summed E-state index contributed by atoms with van der Waals surface area (Å²) >= 11 is 0. The third-order valence-electron chi connectivity index (χ3n) is 3.72. The average molecular weight is 292 g/mol. The molecule has 110 valence electrons. The Bertz CT molecular complexity index is 842. The van der Waals surface area contributed by atoms with Crippen molar-refractivity contribution in [3.8, 4) is 17.6 Å². The highest BCUT2D eigenvalue weighted by molar-refractivity contribution is 5.88. The van der Waals surface area contributed by atoms with Crippen molar-refractivity contribution < 1.29 is 9.47 Å². The van der Waals surface area contributed by atoms with Crippen molar-refractivity contribution in [3.63, 3.8) is 0 Å². The van der Waals surface area contributed by atoms with Gasteiger partial charge >= 0.3 is 0 Å². The van der Waals surface area contributed by atoms with Crippen LogP contribution in [0.15, 0.2) is 48.7 Å². The third-order valence-corrected chi connectivity index (χ3v) is 3.72. The summed E-state index contributed by atoms with van der Waals surface area (Å²) in [5, 5.41) is 9.91. The van der Waals surface area contributed by atoms with E-state index in [1.54, 1.807) is 14.2 Å². The summed E-state index contributed by atoms with van der Waals surface area (Å²) in [6.45, 7) is 0.728. The highest BCUT2D eigenvalue weighted by Crippen LogP contribution is 2.32. The number of aromatic nitrogens is 1. The van der Waals surface area contributed by atoms with E-state index in [-0.39, 0.29) is 0 Å². The molecule has 3 rings (SSSR count). The van der Waals surface area contributed by atoms with Gasteiger partial charge < -0.3 is 14.0 Å². The minimum atomic E-state index is 0.671. The average Bonchev–Trinajstić information content (AvgIpc) is 2.97. The molecule has 0 bridgehead atoms. The van der Waals surface area contributed by atoms with E-state index in [0.29, 0.717) is 5.56 Å². The number of rotatable bonds is 4. The molecular weight excluding hydrogens is 276 g/mol. The van der Waals surface area contributed by atoms with E-state index in [1.165, 1.54) is 0 Å². The van der Waals surface area contributed by atoms with Gasteiger partial charge in [-0.3, -0.25) is 0 Å². The standard InChI is InChI=1S/C18H16N2O2/c1-21-15-9-17-16(18(10-15)22-2)7-8-20(17)12-14-5-3-13(11-19)4-6-14/h3-10H,12H2,1-2H3. The molecule has 1 aromatic heterocycles. The fourth-order valence-corrected chi connectivity index (χ4v) is 2.54. The van der Waals surface area contributed by atoms with Crippen LogP contribution in [0.3, 0.4) is 0 Å². The van der Waals surface area contributed by atoms with Crippen LogP contribution in [-0.2, 0) is 6.54 Å². The van der Waals surface area contributed by atoms with Gasteiger partial charge in [0.05, 0.1) is 31.4 Å². The fourth-order valence-electron chi connectivity index (χ4n) is 2.54. The lowest BCUT2D eigenvalue weighted by atomic mass is 10.1. The van der Waals surface area contributed by atoms with Gasteiger partial charge in [-0.15, -0.1) is 0 Å². The first-order valence-corrected chi connectivity index (χ1v) is 6.95. The number of hydrogen-bond acceptors (Lipinski definition) is 3. The van der Waals surface area contributed by atoms with Gasteiger partial charge in [0.25, 0.3) is 0 Å². The second-order valence-corrected chi connectivity index (χ2v) is 5.01. The zero-order valence-electron chi connectivity index (χ0n) is 12.5. The van der Waals surface area contributed by atoms with E-state index in [2.05, 4.69) is 10.6 Å². The predicted molar refractivity (Wildman–Crippen MR) is 85.3 cm³/mol. The van der Waals surface area contributed by atoms with Crippen molar-refractivity contribution in [1.29, 1.82) is 5.26 Å². The maximum absolute atomic E-state index is 8.86. The molecule has 0 saturated heterocycles. The second kappa shape index (κ2) is 5.82. The van der Waals surface area contributed by atoms with Crippen LogP contribution in [0.4, 0.5) is 0 Å². The molecule has 0 unspecified atom stereocenters. The van der Waals surface area contributed by atoms with Crippen LogP contribution in [0.5, 0.6) is 11.5 Å². The predicted octanol–water partition coefficient (Wildman–Crippen LogP) is 3.58. The van der Waals surface area contributed by atoms with E-state index >= 15 is 0 Å². The van der Waals surface area contributed by atoms with Crippen LogP contribution in [0.25, 0.3) is 10.9 Å². The number of methoxy groups -OCH3 is 2. The molecule has 4 heteroatoms. The first-order valence-electron chi connectivity index (χ1n) is 6.95. The lowest BCUT2D eigenvalue weighted by molar-refractivity contribution is 0.398. The van der Waals surface area contributed by atoms with Crippen LogP contribution < -0.4 is 9.47 Å². The Balaban J connectivity index is 2.01. The summed E-state index contributed by atoms with van der Waals surface area (Å²) in [5.74, 6) is 1.57. The van der Waals surface area contributed by atoms with Crippen LogP contribution in [0, 0.1) is 11.3 Å². The molecule has 2 aromatic carbocycles. The van der Waals surface area contributed by atoms with Crippen molar-refractivity contribution in [2.45, 2.75) is 6.54 Å². The molecule has 0 atom stereocenters. The highest BCUT2D eigenvalue weighted by Gasteiger charge is 2.09. The summed E-state index contributed by atoms with van der Waals surface area (Å²) in [6, 6.07) is 15.7. The van der Waals surface area contributed by atoms with Crippen LogP contribution in [0.1, 0.15) is 11.1 Å². The minimum absolute atomic E-state index is 0.671. The smallest absolute Gasteiger partial charge is 0.131 e. The van der Waals surface area contributed by atoms with Gasteiger partial charge in [0.2, 0.25) is 0 Å². The highest BCUT2D eigenvalue weighted by atomic mass is 16.5. The van der Waals surface area contributed by atoms with E-state index in [0.717, 1.165) is 34.5 Å². The number of fused-ring (bicyclic) bond motifs is 1. The Labute approximate surface area is 129 Å². The van der Waals surface area contributed by atoms with Gasteiger partial charge in [-0.05, 0) is 23.8 Å². The summed E-state index contributed by atoms with van der Waals surface area (Å²) in [4.78, 5) is 0. The molecule has 3 aromatic rings. The molecule has 0 aliphatic heterocycles. The molecule has 0 radical (unpaired) electrons. The Kier molecular flexibility index (Phi) is 3.71. The molecule has 22 heavy (non-hydrogen) atoms. The van der Waals surface area contributed by atoms with Gasteiger partial charge in [-0.2, -0.15) is 5.26 Å². The largest absolute Gasteiger partial charge is 0.497 e. The molecular formula is C18H16N2O2. The van der Waals surface area contributed by atoms with E-state index in [1.807, 2.05) is 48.7 Å². The molecule has 0 aliphatic rings. The fraction of sp³-hybridized carbons (Fsp3) is 0.167. The van der Waals surface area contributed by atoms with Crippen molar-refractivity contribution in [3.05, 3.63) is 59.8 Å². The van der Waals surface area contributed by atoms with Crippen LogP contribution in [0.2, 0.25) is 0 Å². The normalized spacial score (nSPS) is 10.4. The van der Waals surface area contributed by atoms with Crippen molar-refractivity contribution in [1.82, 2.24) is 4.57 Å². The molecule has 0 saturated carbocycles. The van der Waals surface area contributed by atoms with E-state index in [4.69, 9.17) is 14.7 Å². The Morgan fingerprint density at radius 3 is 2.45 bits per heavy atom. The SMILES string of the molecule is COc1cc(OC)c2ccn(Cc3ccc(C#N)cc3)c2c1. The monoisotopic (exact) mass is 292 g/mol. The quantitative estimate of drug-likeness (QED) is 0.738. The van der Waals surface area contributed by atoms with Gasteiger partial charge in [-0.25, -0.2) is 0 Å². The third kappa shape index (κ3) is 2.49. The van der Waals surface area contributed by atoms with Crippen LogP contribution >= 0.6 is 0 Å². The number of nitrogens with zero attached hydrogens (tertiary/aromatic N) is 2. The number of ether oxygens (including phenoxy) is 2. The first-order chi connectivity index (χ1) is 10.7. The first kappa shape index (κ1) is 14.0. The topological polar surface area (TPSA) is 47.2 Å². The van der Waals surface area contributed by atoms with Gasteiger partial charge in [-0.1, -0.05) is 12.1 Å². The molecule has 4 nitrogen and oxygen atoms in total.